The fraction of sp³-hybridized carbons (Fsp3) is 0.600. The summed E-state index contributed by atoms with van der Waals surface area (Å²) in [5.41, 5.74) is 0.742. The summed E-state index contributed by atoms with van der Waals surface area (Å²) < 4.78 is 18.6. The number of nitrogens with zero attached hydrogens (tertiary/aromatic N) is 1. The summed E-state index contributed by atoms with van der Waals surface area (Å²) in [6, 6.07) is 4.68. The zero-order valence-electron chi connectivity index (χ0n) is 11.9. The number of benzene rings is 1. The standard InChI is InChI=1S/C15H21ClFNO2/c1-10(2)18-5-6-20-15(9-18)14(19)7-11-3-4-12(17)8-13(11)16/h3-4,8,10,14-15,19H,5-7,9H2,1-2H3. The fourth-order valence-electron chi connectivity index (χ4n) is 2.44. The monoisotopic (exact) mass is 301 g/mol. The van der Waals surface area contributed by atoms with E-state index in [4.69, 9.17) is 16.3 Å². The van der Waals surface area contributed by atoms with Crippen LogP contribution in [0.2, 0.25) is 5.02 Å². The maximum absolute atomic E-state index is 13.0. The zero-order valence-corrected chi connectivity index (χ0v) is 12.6. The summed E-state index contributed by atoms with van der Waals surface area (Å²) in [5, 5.41) is 10.7. The zero-order chi connectivity index (χ0) is 14.7. The lowest BCUT2D eigenvalue weighted by Crippen LogP contribution is -2.50. The Morgan fingerprint density at radius 3 is 2.90 bits per heavy atom. The molecule has 20 heavy (non-hydrogen) atoms. The number of hydrogen-bond donors (Lipinski definition) is 1. The van der Waals surface area contributed by atoms with Gasteiger partial charge in [0, 0.05) is 30.6 Å². The molecule has 1 aromatic rings. The lowest BCUT2D eigenvalue weighted by atomic mass is 10.0. The largest absolute Gasteiger partial charge is 0.390 e. The molecule has 1 aliphatic heterocycles. The van der Waals surface area contributed by atoms with E-state index in [1.54, 1.807) is 6.07 Å². The van der Waals surface area contributed by atoms with Crippen molar-refractivity contribution in [1.29, 1.82) is 0 Å². The van der Waals surface area contributed by atoms with Crippen molar-refractivity contribution >= 4 is 11.6 Å². The third kappa shape index (κ3) is 3.92. The van der Waals surface area contributed by atoms with Gasteiger partial charge in [-0.1, -0.05) is 17.7 Å². The topological polar surface area (TPSA) is 32.7 Å². The molecular weight excluding hydrogens is 281 g/mol. The molecule has 1 saturated heterocycles. The first-order chi connectivity index (χ1) is 9.47. The molecule has 0 amide bonds. The van der Waals surface area contributed by atoms with E-state index >= 15 is 0 Å². The van der Waals surface area contributed by atoms with Gasteiger partial charge in [-0.3, -0.25) is 4.90 Å². The van der Waals surface area contributed by atoms with Gasteiger partial charge in [0.25, 0.3) is 0 Å². The summed E-state index contributed by atoms with van der Waals surface area (Å²) in [6.07, 6.45) is -0.498. The molecule has 0 aromatic heterocycles. The highest BCUT2D eigenvalue weighted by atomic mass is 35.5. The van der Waals surface area contributed by atoms with E-state index in [-0.39, 0.29) is 11.9 Å². The lowest BCUT2D eigenvalue weighted by molar-refractivity contribution is -0.0940. The highest BCUT2D eigenvalue weighted by Gasteiger charge is 2.28. The van der Waals surface area contributed by atoms with Crippen molar-refractivity contribution in [3.63, 3.8) is 0 Å². The van der Waals surface area contributed by atoms with Crippen LogP contribution < -0.4 is 0 Å². The molecule has 1 fully saturated rings. The maximum atomic E-state index is 13.0. The van der Waals surface area contributed by atoms with Gasteiger partial charge in [0.1, 0.15) is 5.82 Å². The average Bonchev–Trinajstić information content (AvgIpc) is 2.42. The summed E-state index contributed by atoms with van der Waals surface area (Å²) in [5.74, 6) is -0.367. The third-order valence-corrected chi connectivity index (χ3v) is 4.08. The molecule has 112 valence electrons. The molecule has 5 heteroatoms. The van der Waals surface area contributed by atoms with E-state index in [0.29, 0.717) is 30.6 Å². The molecule has 0 saturated carbocycles. The van der Waals surface area contributed by atoms with E-state index in [1.165, 1.54) is 12.1 Å². The molecule has 0 bridgehead atoms. The Morgan fingerprint density at radius 2 is 2.25 bits per heavy atom. The van der Waals surface area contributed by atoms with Crippen molar-refractivity contribution in [3.8, 4) is 0 Å². The third-order valence-electron chi connectivity index (χ3n) is 3.73. The number of aliphatic hydroxyl groups excluding tert-OH is 1. The van der Waals surface area contributed by atoms with Gasteiger partial charge in [0.05, 0.1) is 18.8 Å². The van der Waals surface area contributed by atoms with Crippen molar-refractivity contribution in [3.05, 3.63) is 34.6 Å². The summed E-state index contributed by atoms with van der Waals surface area (Å²) in [4.78, 5) is 2.28. The van der Waals surface area contributed by atoms with E-state index in [2.05, 4.69) is 18.7 Å². The minimum absolute atomic E-state index is 0.229. The van der Waals surface area contributed by atoms with Gasteiger partial charge in [-0.05, 0) is 31.5 Å². The van der Waals surface area contributed by atoms with Crippen LogP contribution in [0.15, 0.2) is 18.2 Å². The average molecular weight is 302 g/mol. The van der Waals surface area contributed by atoms with Crippen LogP contribution in [0.5, 0.6) is 0 Å². The summed E-state index contributed by atoms with van der Waals surface area (Å²) >= 11 is 5.99. The van der Waals surface area contributed by atoms with Gasteiger partial charge in [-0.15, -0.1) is 0 Å². The molecule has 0 spiro atoms. The highest BCUT2D eigenvalue weighted by molar-refractivity contribution is 6.31. The summed E-state index contributed by atoms with van der Waals surface area (Å²) in [6.45, 7) is 6.48. The number of ether oxygens (including phenoxy) is 1. The number of halogens is 2. The van der Waals surface area contributed by atoms with Gasteiger partial charge in [0.15, 0.2) is 0 Å². The molecule has 3 nitrogen and oxygen atoms in total. The van der Waals surface area contributed by atoms with Crippen LogP contribution in [0, 0.1) is 5.82 Å². The Labute approximate surface area is 124 Å². The molecule has 1 aliphatic rings. The van der Waals surface area contributed by atoms with Crippen molar-refractivity contribution in [2.24, 2.45) is 0 Å². The number of aliphatic hydroxyl groups is 1. The second-order valence-corrected chi connectivity index (χ2v) is 5.91. The molecule has 0 aliphatic carbocycles. The molecule has 2 unspecified atom stereocenters. The van der Waals surface area contributed by atoms with Crippen molar-refractivity contribution in [2.45, 2.75) is 38.5 Å². The fourth-order valence-corrected chi connectivity index (χ4v) is 2.69. The Hall–Kier alpha value is -0.680. The predicted molar refractivity (Wildman–Crippen MR) is 77.6 cm³/mol. The SMILES string of the molecule is CC(C)N1CCOC(C(O)Cc2ccc(F)cc2Cl)C1. The van der Waals surface area contributed by atoms with Gasteiger partial charge in [-0.25, -0.2) is 4.39 Å². The van der Waals surface area contributed by atoms with Crippen LogP contribution >= 0.6 is 11.6 Å². The van der Waals surface area contributed by atoms with Crippen molar-refractivity contribution in [2.75, 3.05) is 19.7 Å². The number of rotatable bonds is 4. The minimum atomic E-state index is -0.639. The van der Waals surface area contributed by atoms with Crippen LogP contribution in [0.25, 0.3) is 0 Å². The highest BCUT2D eigenvalue weighted by Crippen LogP contribution is 2.21. The molecule has 1 N–H and O–H groups in total. The van der Waals surface area contributed by atoms with Crippen LogP contribution in [0.3, 0.4) is 0 Å². The maximum Gasteiger partial charge on any atom is 0.124 e. The normalized spacial score (nSPS) is 22.2. The predicted octanol–water partition coefficient (Wildman–Crippen LogP) is 2.49. The number of morpholine rings is 1. The smallest absolute Gasteiger partial charge is 0.124 e. The lowest BCUT2D eigenvalue weighted by Gasteiger charge is -2.37. The molecule has 0 radical (unpaired) electrons. The Kier molecular flexibility index (Phi) is 5.38. The first kappa shape index (κ1) is 15.7. The first-order valence-electron chi connectivity index (χ1n) is 6.95. The second kappa shape index (κ2) is 6.85. The van der Waals surface area contributed by atoms with E-state index in [1.807, 2.05) is 0 Å². The number of hydrogen-bond acceptors (Lipinski definition) is 3. The van der Waals surface area contributed by atoms with E-state index in [9.17, 15) is 9.50 Å². The van der Waals surface area contributed by atoms with Gasteiger partial charge >= 0.3 is 0 Å². The van der Waals surface area contributed by atoms with Crippen LogP contribution in [0.1, 0.15) is 19.4 Å². The van der Waals surface area contributed by atoms with Crippen LogP contribution in [0.4, 0.5) is 4.39 Å². The van der Waals surface area contributed by atoms with Crippen LogP contribution in [-0.2, 0) is 11.2 Å². The second-order valence-electron chi connectivity index (χ2n) is 5.51. The van der Waals surface area contributed by atoms with Crippen molar-refractivity contribution < 1.29 is 14.2 Å². The molecule has 1 heterocycles. The van der Waals surface area contributed by atoms with E-state index < -0.39 is 6.10 Å². The molecule has 2 atom stereocenters. The first-order valence-corrected chi connectivity index (χ1v) is 7.33. The quantitative estimate of drug-likeness (QED) is 0.927. The Bertz CT molecular complexity index is 455. The van der Waals surface area contributed by atoms with Gasteiger partial charge in [-0.2, -0.15) is 0 Å². The van der Waals surface area contributed by atoms with Gasteiger partial charge < -0.3 is 9.84 Å². The molecule has 1 aromatic carbocycles. The Balaban J connectivity index is 1.98. The summed E-state index contributed by atoms with van der Waals surface area (Å²) in [7, 11) is 0. The van der Waals surface area contributed by atoms with Crippen LogP contribution in [-0.4, -0.2) is 48.0 Å². The van der Waals surface area contributed by atoms with Crippen molar-refractivity contribution in [1.82, 2.24) is 4.90 Å². The Morgan fingerprint density at radius 1 is 1.50 bits per heavy atom. The molecule has 2 rings (SSSR count). The molecular formula is C15H21ClFNO2. The van der Waals surface area contributed by atoms with E-state index in [0.717, 1.165) is 12.1 Å². The minimum Gasteiger partial charge on any atom is -0.390 e. The van der Waals surface area contributed by atoms with Gasteiger partial charge in [0.2, 0.25) is 0 Å².